The Morgan fingerprint density at radius 2 is 2.11 bits per heavy atom. The van der Waals surface area contributed by atoms with Crippen LogP contribution in [0.5, 0.6) is 0 Å². The van der Waals surface area contributed by atoms with Crippen molar-refractivity contribution in [2.45, 2.75) is 49.6 Å². The van der Waals surface area contributed by atoms with Gasteiger partial charge >= 0.3 is 0 Å². The minimum Gasteiger partial charge on any atom is -0.310 e. The SMILES string of the molecule is CC(C)Sc1nc2ccccc2cc1CNC1CC1. The number of pyridine rings is 1. The molecule has 0 saturated heterocycles. The summed E-state index contributed by atoms with van der Waals surface area (Å²) < 4.78 is 0. The summed E-state index contributed by atoms with van der Waals surface area (Å²) >= 11 is 1.86. The highest BCUT2D eigenvalue weighted by Gasteiger charge is 2.21. The van der Waals surface area contributed by atoms with Crippen LogP contribution in [0.4, 0.5) is 0 Å². The van der Waals surface area contributed by atoms with Crippen molar-refractivity contribution in [2.24, 2.45) is 0 Å². The summed E-state index contributed by atoms with van der Waals surface area (Å²) in [6, 6.07) is 11.4. The fourth-order valence-corrected chi connectivity index (χ4v) is 3.02. The van der Waals surface area contributed by atoms with Gasteiger partial charge in [0.2, 0.25) is 0 Å². The van der Waals surface area contributed by atoms with Crippen LogP contribution in [0, 0.1) is 0 Å². The van der Waals surface area contributed by atoms with E-state index in [4.69, 9.17) is 4.98 Å². The minimum absolute atomic E-state index is 0.563. The maximum atomic E-state index is 4.84. The normalized spacial score (nSPS) is 15.3. The zero-order chi connectivity index (χ0) is 13.2. The summed E-state index contributed by atoms with van der Waals surface area (Å²) in [7, 11) is 0. The zero-order valence-electron chi connectivity index (χ0n) is 11.5. The molecule has 1 heterocycles. The van der Waals surface area contributed by atoms with Gasteiger partial charge in [0.1, 0.15) is 5.03 Å². The van der Waals surface area contributed by atoms with Crippen molar-refractivity contribution in [1.82, 2.24) is 10.3 Å². The molecule has 0 bridgehead atoms. The van der Waals surface area contributed by atoms with Gasteiger partial charge < -0.3 is 5.32 Å². The predicted molar refractivity (Wildman–Crippen MR) is 82.6 cm³/mol. The Morgan fingerprint density at radius 1 is 1.32 bits per heavy atom. The molecule has 0 radical (unpaired) electrons. The molecule has 0 atom stereocenters. The number of thioether (sulfide) groups is 1. The van der Waals surface area contributed by atoms with E-state index in [1.54, 1.807) is 0 Å². The van der Waals surface area contributed by atoms with Gasteiger partial charge in [-0.25, -0.2) is 4.98 Å². The lowest BCUT2D eigenvalue weighted by molar-refractivity contribution is 0.676. The molecule has 1 aliphatic rings. The molecule has 0 aliphatic heterocycles. The van der Waals surface area contributed by atoms with Crippen LogP contribution in [0.15, 0.2) is 35.4 Å². The molecular formula is C16H20N2S. The van der Waals surface area contributed by atoms with Crippen molar-refractivity contribution < 1.29 is 0 Å². The molecule has 3 heteroatoms. The van der Waals surface area contributed by atoms with Gasteiger partial charge in [0.05, 0.1) is 5.52 Å². The number of nitrogens with one attached hydrogen (secondary N) is 1. The van der Waals surface area contributed by atoms with E-state index in [1.807, 2.05) is 11.8 Å². The van der Waals surface area contributed by atoms with Crippen LogP contribution in [0.1, 0.15) is 32.3 Å². The van der Waals surface area contributed by atoms with Crippen LogP contribution in [-0.4, -0.2) is 16.3 Å². The number of aromatic nitrogens is 1. The molecule has 0 amide bonds. The Kier molecular flexibility index (Phi) is 3.76. The number of benzene rings is 1. The van der Waals surface area contributed by atoms with E-state index in [0.717, 1.165) is 18.1 Å². The van der Waals surface area contributed by atoms with Crippen molar-refractivity contribution in [2.75, 3.05) is 0 Å². The summed E-state index contributed by atoms with van der Waals surface area (Å²) in [6.07, 6.45) is 2.65. The molecule has 19 heavy (non-hydrogen) atoms. The maximum Gasteiger partial charge on any atom is 0.101 e. The van der Waals surface area contributed by atoms with E-state index in [0.29, 0.717) is 5.25 Å². The fourth-order valence-electron chi connectivity index (χ4n) is 2.14. The molecule has 0 spiro atoms. The summed E-state index contributed by atoms with van der Waals surface area (Å²) in [5.74, 6) is 0. The Balaban J connectivity index is 1.93. The molecule has 100 valence electrons. The van der Waals surface area contributed by atoms with Gasteiger partial charge in [-0.15, -0.1) is 11.8 Å². The van der Waals surface area contributed by atoms with Crippen LogP contribution in [-0.2, 0) is 6.54 Å². The minimum atomic E-state index is 0.563. The molecule has 1 fully saturated rings. The first-order valence-electron chi connectivity index (χ1n) is 7.01. The first-order valence-corrected chi connectivity index (χ1v) is 7.89. The number of rotatable bonds is 5. The fraction of sp³-hybridized carbons (Fsp3) is 0.438. The van der Waals surface area contributed by atoms with Crippen molar-refractivity contribution in [3.8, 4) is 0 Å². The number of hydrogen-bond acceptors (Lipinski definition) is 3. The lowest BCUT2D eigenvalue weighted by Gasteiger charge is -2.12. The lowest BCUT2D eigenvalue weighted by Crippen LogP contribution is -2.16. The third kappa shape index (κ3) is 3.28. The van der Waals surface area contributed by atoms with E-state index in [2.05, 4.69) is 49.5 Å². The molecule has 3 rings (SSSR count). The molecule has 1 aromatic carbocycles. The zero-order valence-corrected chi connectivity index (χ0v) is 12.3. The highest BCUT2D eigenvalue weighted by molar-refractivity contribution is 7.99. The Labute approximate surface area is 119 Å². The molecule has 1 N–H and O–H groups in total. The number of para-hydroxylation sites is 1. The van der Waals surface area contributed by atoms with E-state index in [1.165, 1.54) is 28.8 Å². The Hall–Kier alpha value is -1.06. The molecule has 1 saturated carbocycles. The topological polar surface area (TPSA) is 24.9 Å². The van der Waals surface area contributed by atoms with Gasteiger partial charge in [-0.3, -0.25) is 0 Å². The number of fused-ring (bicyclic) bond motifs is 1. The number of nitrogens with zero attached hydrogens (tertiary/aromatic N) is 1. The smallest absolute Gasteiger partial charge is 0.101 e. The second-order valence-corrected chi connectivity index (χ2v) is 7.03. The van der Waals surface area contributed by atoms with Crippen LogP contribution < -0.4 is 5.32 Å². The second kappa shape index (κ2) is 5.51. The largest absolute Gasteiger partial charge is 0.310 e. The second-order valence-electron chi connectivity index (χ2n) is 5.47. The molecule has 2 nitrogen and oxygen atoms in total. The Bertz CT molecular complexity index is 576. The van der Waals surface area contributed by atoms with Gasteiger partial charge in [0.15, 0.2) is 0 Å². The summed E-state index contributed by atoms with van der Waals surface area (Å²) in [5.41, 5.74) is 2.44. The third-order valence-corrected chi connectivity index (χ3v) is 4.32. The van der Waals surface area contributed by atoms with E-state index in [9.17, 15) is 0 Å². The van der Waals surface area contributed by atoms with Crippen LogP contribution in [0.3, 0.4) is 0 Å². The Morgan fingerprint density at radius 3 is 2.84 bits per heavy atom. The van der Waals surface area contributed by atoms with Gasteiger partial charge in [-0.1, -0.05) is 32.0 Å². The summed E-state index contributed by atoms with van der Waals surface area (Å²) in [4.78, 5) is 4.84. The van der Waals surface area contributed by atoms with Crippen molar-refractivity contribution in [3.63, 3.8) is 0 Å². The van der Waals surface area contributed by atoms with Crippen LogP contribution in [0.25, 0.3) is 10.9 Å². The van der Waals surface area contributed by atoms with Crippen molar-refractivity contribution in [1.29, 1.82) is 0 Å². The standard InChI is InChI=1S/C16H20N2S/c1-11(2)19-16-13(10-17-14-7-8-14)9-12-5-3-4-6-15(12)18-16/h3-6,9,11,14,17H,7-8,10H2,1-2H3. The molecule has 1 aromatic heterocycles. The first kappa shape index (κ1) is 12.9. The molecule has 1 aliphatic carbocycles. The average Bonchev–Trinajstić information content (AvgIpc) is 3.19. The van der Waals surface area contributed by atoms with Crippen molar-refractivity contribution in [3.05, 3.63) is 35.9 Å². The van der Waals surface area contributed by atoms with Gasteiger partial charge in [-0.05, 0) is 30.5 Å². The highest BCUT2D eigenvalue weighted by Crippen LogP contribution is 2.29. The summed E-state index contributed by atoms with van der Waals surface area (Å²) in [5, 5.41) is 6.58. The van der Waals surface area contributed by atoms with Crippen LogP contribution in [0.2, 0.25) is 0 Å². The van der Waals surface area contributed by atoms with Crippen molar-refractivity contribution >= 4 is 22.7 Å². The van der Waals surface area contributed by atoms with E-state index in [-0.39, 0.29) is 0 Å². The number of hydrogen-bond donors (Lipinski definition) is 1. The molecule has 2 aromatic rings. The van der Waals surface area contributed by atoms with Gasteiger partial charge in [0.25, 0.3) is 0 Å². The predicted octanol–water partition coefficient (Wildman–Crippen LogP) is 3.99. The van der Waals surface area contributed by atoms with E-state index < -0.39 is 0 Å². The third-order valence-electron chi connectivity index (χ3n) is 3.27. The average molecular weight is 272 g/mol. The molecule has 0 unspecified atom stereocenters. The molecular weight excluding hydrogens is 252 g/mol. The maximum absolute atomic E-state index is 4.84. The quantitative estimate of drug-likeness (QED) is 0.833. The van der Waals surface area contributed by atoms with E-state index >= 15 is 0 Å². The summed E-state index contributed by atoms with van der Waals surface area (Å²) in [6.45, 7) is 5.39. The lowest BCUT2D eigenvalue weighted by atomic mass is 10.1. The highest BCUT2D eigenvalue weighted by atomic mass is 32.2. The monoisotopic (exact) mass is 272 g/mol. The van der Waals surface area contributed by atoms with Gasteiger partial charge in [-0.2, -0.15) is 0 Å². The first-order chi connectivity index (χ1) is 9.22. The van der Waals surface area contributed by atoms with Crippen LogP contribution >= 0.6 is 11.8 Å². The van der Waals surface area contributed by atoms with Gasteiger partial charge in [0, 0.05) is 23.2 Å².